The lowest BCUT2D eigenvalue weighted by Gasteiger charge is -2.18. The van der Waals surface area contributed by atoms with E-state index in [0.29, 0.717) is 17.1 Å². The van der Waals surface area contributed by atoms with Gasteiger partial charge in [-0.3, -0.25) is 9.59 Å². The van der Waals surface area contributed by atoms with Crippen LogP contribution in [0.1, 0.15) is 18.0 Å². The van der Waals surface area contributed by atoms with E-state index < -0.39 is 30.6 Å². The van der Waals surface area contributed by atoms with E-state index in [1.807, 2.05) is 18.2 Å². The van der Waals surface area contributed by atoms with Crippen LogP contribution in [-0.2, 0) is 14.3 Å². The first kappa shape index (κ1) is 21.3. The molecular formula is C21H21N3O5. The molecule has 0 bridgehead atoms. The predicted octanol–water partition coefficient (Wildman–Crippen LogP) is 1.87. The third kappa shape index (κ3) is 7.64. The van der Waals surface area contributed by atoms with Gasteiger partial charge >= 0.3 is 12.0 Å². The summed E-state index contributed by atoms with van der Waals surface area (Å²) in [4.78, 5) is 34.9. The number of nitrogens with one attached hydrogen (secondary N) is 2. The van der Waals surface area contributed by atoms with E-state index in [1.165, 1.54) is 0 Å². The number of nitrogens with two attached hydrogens (primary N) is 1. The molecule has 0 aliphatic rings. The summed E-state index contributed by atoms with van der Waals surface area (Å²) in [5.41, 5.74) is 5.82. The number of terminal acetylenes is 1. The van der Waals surface area contributed by atoms with E-state index in [4.69, 9.17) is 21.6 Å². The number of hydrogen-bond donors (Lipinski definition) is 3. The van der Waals surface area contributed by atoms with E-state index in [1.54, 1.807) is 36.4 Å². The fraction of sp³-hybridized carbons (Fsp3) is 0.190. The Morgan fingerprint density at radius 3 is 2.48 bits per heavy atom. The third-order valence-corrected chi connectivity index (χ3v) is 3.68. The van der Waals surface area contributed by atoms with Gasteiger partial charge in [-0.2, -0.15) is 0 Å². The molecule has 0 heterocycles. The van der Waals surface area contributed by atoms with Gasteiger partial charge in [0.05, 0.1) is 19.0 Å². The first-order valence-electron chi connectivity index (χ1n) is 8.72. The largest absolute Gasteiger partial charge is 0.457 e. The summed E-state index contributed by atoms with van der Waals surface area (Å²) in [5, 5.41) is 4.87. The number of hydrogen-bond acceptors (Lipinski definition) is 5. The number of esters is 1. The van der Waals surface area contributed by atoms with Gasteiger partial charge < -0.3 is 25.8 Å². The van der Waals surface area contributed by atoms with Gasteiger partial charge in [0.25, 0.3) is 5.91 Å². The van der Waals surface area contributed by atoms with Gasteiger partial charge in [0.1, 0.15) is 11.5 Å². The SMILES string of the molecule is C#CCNC(=O)COC(=O)C[C@@H](NC(N)=O)c1cccc(Oc2ccccc2)c1. The quantitative estimate of drug-likeness (QED) is 0.442. The maximum atomic E-state index is 12.1. The van der Waals surface area contributed by atoms with Crippen LogP contribution in [0.2, 0.25) is 0 Å². The van der Waals surface area contributed by atoms with Gasteiger partial charge in [0, 0.05) is 0 Å². The van der Waals surface area contributed by atoms with Crippen LogP contribution in [0.4, 0.5) is 4.79 Å². The van der Waals surface area contributed by atoms with Crippen molar-refractivity contribution in [2.75, 3.05) is 13.2 Å². The van der Waals surface area contributed by atoms with Gasteiger partial charge in [0.15, 0.2) is 6.61 Å². The molecule has 2 rings (SSSR count). The van der Waals surface area contributed by atoms with E-state index in [2.05, 4.69) is 16.6 Å². The molecule has 4 N–H and O–H groups in total. The summed E-state index contributed by atoms with van der Waals surface area (Å²) >= 11 is 0. The molecule has 29 heavy (non-hydrogen) atoms. The van der Waals surface area contributed by atoms with Crippen LogP contribution < -0.4 is 21.1 Å². The molecule has 0 fully saturated rings. The van der Waals surface area contributed by atoms with Crippen LogP contribution in [-0.4, -0.2) is 31.1 Å². The van der Waals surface area contributed by atoms with Crippen LogP contribution in [0.5, 0.6) is 11.5 Å². The molecule has 150 valence electrons. The zero-order valence-corrected chi connectivity index (χ0v) is 15.6. The number of urea groups is 1. The van der Waals surface area contributed by atoms with Crippen molar-refractivity contribution in [1.29, 1.82) is 0 Å². The van der Waals surface area contributed by atoms with E-state index in [-0.39, 0.29) is 13.0 Å². The molecule has 0 spiro atoms. The Morgan fingerprint density at radius 2 is 1.79 bits per heavy atom. The molecule has 1 atom stereocenters. The summed E-state index contributed by atoms with van der Waals surface area (Å²) in [6.07, 6.45) is 4.81. The van der Waals surface area contributed by atoms with E-state index in [9.17, 15) is 14.4 Å². The van der Waals surface area contributed by atoms with Gasteiger partial charge in [-0.05, 0) is 29.8 Å². The van der Waals surface area contributed by atoms with Crippen molar-refractivity contribution in [3.05, 3.63) is 60.2 Å². The second-order valence-electron chi connectivity index (χ2n) is 5.89. The minimum Gasteiger partial charge on any atom is -0.457 e. The van der Waals surface area contributed by atoms with Gasteiger partial charge in [0.2, 0.25) is 0 Å². The topological polar surface area (TPSA) is 120 Å². The lowest BCUT2D eigenvalue weighted by molar-refractivity contribution is -0.148. The number of carbonyl (C=O) groups excluding carboxylic acids is 3. The monoisotopic (exact) mass is 395 g/mol. The van der Waals surface area contributed by atoms with Crippen LogP contribution in [0, 0.1) is 12.3 Å². The highest BCUT2D eigenvalue weighted by molar-refractivity contribution is 5.81. The van der Waals surface area contributed by atoms with Crippen LogP contribution in [0.25, 0.3) is 0 Å². The van der Waals surface area contributed by atoms with Crippen LogP contribution >= 0.6 is 0 Å². The Morgan fingerprint density at radius 1 is 1.07 bits per heavy atom. The first-order valence-corrected chi connectivity index (χ1v) is 8.72. The number of benzene rings is 2. The van der Waals surface area contributed by atoms with Crippen LogP contribution in [0.3, 0.4) is 0 Å². The first-order chi connectivity index (χ1) is 14.0. The molecule has 0 aromatic heterocycles. The molecule has 0 radical (unpaired) electrons. The molecule has 2 aromatic rings. The standard InChI is InChI=1S/C21H21N3O5/c1-2-11-23-19(25)14-28-20(26)13-18(24-21(22)27)15-7-6-10-17(12-15)29-16-8-4-3-5-9-16/h1,3-10,12,18H,11,13-14H2,(H,23,25)(H3,22,24,27)/t18-/m1/s1. The maximum Gasteiger partial charge on any atom is 0.312 e. The minimum absolute atomic E-state index is 0.0381. The molecule has 0 unspecified atom stereocenters. The van der Waals surface area contributed by atoms with E-state index in [0.717, 1.165) is 0 Å². The van der Waals surface area contributed by atoms with Crippen molar-refractivity contribution in [3.8, 4) is 23.8 Å². The second-order valence-corrected chi connectivity index (χ2v) is 5.89. The zero-order valence-electron chi connectivity index (χ0n) is 15.6. The van der Waals surface area contributed by atoms with Gasteiger partial charge in [-0.1, -0.05) is 36.3 Å². The fourth-order valence-corrected chi connectivity index (χ4v) is 2.42. The van der Waals surface area contributed by atoms with Crippen molar-refractivity contribution >= 4 is 17.9 Å². The molecule has 8 heteroatoms. The highest BCUT2D eigenvalue weighted by Gasteiger charge is 2.20. The second kappa shape index (κ2) is 11.0. The van der Waals surface area contributed by atoms with Crippen molar-refractivity contribution in [1.82, 2.24) is 10.6 Å². The normalized spacial score (nSPS) is 10.9. The molecule has 2 aromatic carbocycles. The van der Waals surface area contributed by atoms with E-state index >= 15 is 0 Å². The summed E-state index contributed by atoms with van der Waals surface area (Å²) in [5.74, 6) is 2.19. The number of rotatable bonds is 9. The molecule has 0 aliphatic carbocycles. The van der Waals surface area contributed by atoms with Crippen LogP contribution in [0.15, 0.2) is 54.6 Å². The van der Waals surface area contributed by atoms with Crippen molar-refractivity contribution in [2.45, 2.75) is 12.5 Å². The predicted molar refractivity (Wildman–Crippen MR) is 106 cm³/mol. The van der Waals surface area contributed by atoms with Gasteiger partial charge in [-0.25, -0.2) is 4.79 Å². The molecule has 0 saturated carbocycles. The average molecular weight is 395 g/mol. The van der Waals surface area contributed by atoms with Crippen molar-refractivity contribution in [3.63, 3.8) is 0 Å². The third-order valence-electron chi connectivity index (χ3n) is 3.68. The Balaban J connectivity index is 2.04. The minimum atomic E-state index is -0.802. The summed E-state index contributed by atoms with van der Waals surface area (Å²) in [6.45, 7) is -0.433. The van der Waals surface area contributed by atoms with Gasteiger partial charge in [-0.15, -0.1) is 6.42 Å². The zero-order chi connectivity index (χ0) is 21.1. The fourth-order valence-electron chi connectivity index (χ4n) is 2.42. The Labute approximate surface area is 168 Å². The Bertz CT molecular complexity index is 893. The maximum absolute atomic E-state index is 12.1. The summed E-state index contributed by atoms with van der Waals surface area (Å²) < 4.78 is 10.7. The number of carbonyl (C=O) groups is 3. The summed E-state index contributed by atoms with van der Waals surface area (Å²) in [7, 11) is 0. The highest BCUT2D eigenvalue weighted by atomic mass is 16.5. The van der Waals surface area contributed by atoms with Crippen molar-refractivity contribution in [2.24, 2.45) is 5.73 Å². The Kier molecular flexibility index (Phi) is 8.08. The number of ether oxygens (including phenoxy) is 2. The lowest BCUT2D eigenvalue weighted by atomic mass is 10.0. The number of amides is 3. The number of para-hydroxylation sites is 1. The number of primary amides is 1. The average Bonchev–Trinajstić information content (AvgIpc) is 2.71. The molecule has 3 amide bonds. The molecular weight excluding hydrogens is 374 g/mol. The lowest BCUT2D eigenvalue weighted by Crippen LogP contribution is -2.35. The summed E-state index contributed by atoms with van der Waals surface area (Å²) in [6, 6.07) is 14.5. The molecule has 8 nitrogen and oxygen atoms in total. The molecule has 0 aliphatic heterocycles. The van der Waals surface area contributed by atoms with Crippen molar-refractivity contribution < 1.29 is 23.9 Å². The Hall–Kier alpha value is -3.99. The highest BCUT2D eigenvalue weighted by Crippen LogP contribution is 2.26. The molecule has 0 saturated heterocycles. The smallest absolute Gasteiger partial charge is 0.312 e.